The molecule has 0 amide bonds. The van der Waals surface area contributed by atoms with Gasteiger partial charge in [0.05, 0.1) is 0 Å². The third kappa shape index (κ3) is 2.46. The Bertz CT molecular complexity index is 126. The lowest BCUT2D eigenvalue weighted by atomic mass is 9.77. The Morgan fingerprint density at radius 3 is 2.67 bits per heavy atom. The van der Waals surface area contributed by atoms with E-state index >= 15 is 0 Å². The van der Waals surface area contributed by atoms with Gasteiger partial charge in [-0.3, -0.25) is 0 Å². The minimum atomic E-state index is 0.531. The van der Waals surface area contributed by atoms with Gasteiger partial charge in [0.15, 0.2) is 0 Å². The van der Waals surface area contributed by atoms with Crippen molar-refractivity contribution in [2.75, 3.05) is 19.6 Å². The summed E-state index contributed by atoms with van der Waals surface area (Å²) in [6.07, 6.45) is 3.84. The third-order valence-electron chi connectivity index (χ3n) is 2.85. The average Bonchev–Trinajstić information content (AvgIpc) is 2.36. The molecule has 0 radical (unpaired) electrons. The van der Waals surface area contributed by atoms with Gasteiger partial charge >= 0.3 is 0 Å². The molecule has 0 saturated carbocycles. The van der Waals surface area contributed by atoms with Gasteiger partial charge in [-0.2, -0.15) is 0 Å². The molecule has 1 aliphatic heterocycles. The van der Waals surface area contributed by atoms with E-state index in [4.69, 9.17) is 5.73 Å². The molecule has 0 aliphatic carbocycles. The van der Waals surface area contributed by atoms with Crippen molar-refractivity contribution >= 4 is 0 Å². The molecule has 1 aliphatic rings. The number of nitrogens with two attached hydrogens (primary N) is 1. The summed E-state index contributed by atoms with van der Waals surface area (Å²) in [6.45, 7) is 7.82. The molecule has 0 bridgehead atoms. The second-order valence-electron chi connectivity index (χ2n) is 4.56. The molecule has 12 heavy (non-hydrogen) atoms. The lowest BCUT2D eigenvalue weighted by Crippen LogP contribution is -2.28. The lowest BCUT2D eigenvalue weighted by molar-refractivity contribution is 0.239. The molecule has 1 atom stereocenters. The fraction of sp³-hybridized carbons (Fsp3) is 1.00. The Kier molecular flexibility index (Phi) is 3.53. The summed E-state index contributed by atoms with van der Waals surface area (Å²) < 4.78 is 0. The van der Waals surface area contributed by atoms with Gasteiger partial charge < -0.3 is 11.1 Å². The molecule has 3 N–H and O–H groups in total. The molecule has 0 aromatic heterocycles. The van der Waals surface area contributed by atoms with Crippen LogP contribution < -0.4 is 11.1 Å². The predicted octanol–water partition coefficient (Wildman–Crippen LogP) is 1.36. The first-order valence-corrected chi connectivity index (χ1v) is 5.09. The minimum absolute atomic E-state index is 0.531. The Morgan fingerprint density at radius 1 is 1.50 bits per heavy atom. The van der Waals surface area contributed by atoms with Crippen LogP contribution in [0.1, 0.15) is 33.1 Å². The number of rotatable bonds is 4. The maximum atomic E-state index is 5.64. The summed E-state index contributed by atoms with van der Waals surface area (Å²) in [5.74, 6) is 0.802. The highest BCUT2D eigenvalue weighted by molar-refractivity contribution is 4.88. The van der Waals surface area contributed by atoms with E-state index in [9.17, 15) is 0 Å². The van der Waals surface area contributed by atoms with Crippen LogP contribution in [0.4, 0.5) is 0 Å². The normalized spacial score (nSPS) is 30.0. The van der Waals surface area contributed by atoms with E-state index in [1.165, 1.54) is 32.4 Å². The molecule has 72 valence electrons. The molecule has 1 saturated heterocycles. The first-order chi connectivity index (χ1) is 5.68. The fourth-order valence-electron chi connectivity index (χ4n) is 2.46. The second-order valence-corrected chi connectivity index (χ2v) is 4.56. The Hall–Kier alpha value is -0.0800. The van der Waals surface area contributed by atoms with E-state index in [1.807, 2.05) is 0 Å². The summed E-state index contributed by atoms with van der Waals surface area (Å²) in [7, 11) is 0. The zero-order valence-electron chi connectivity index (χ0n) is 8.40. The van der Waals surface area contributed by atoms with Crippen molar-refractivity contribution in [3.63, 3.8) is 0 Å². The predicted molar refractivity (Wildman–Crippen MR) is 53.0 cm³/mol. The summed E-state index contributed by atoms with van der Waals surface area (Å²) in [6, 6.07) is 0. The average molecular weight is 170 g/mol. The van der Waals surface area contributed by atoms with Gasteiger partial charge in [0.1, 0.15) is 0 Å². The zero-order valence-corrected chi connectivity index (χ0v) is 8.40. The van der Waals surface area contributed by atoms with Gasteiger partial charge in [0, 0.05) is 6.54 Å². The summed E-state index contributed by atoms with van der Waals surface area (Å²) in [5.41, 5.74) is 6.17. The quantitative estimate of drug-likeness (QED) is 0.668. The molecule has 0 spiro atoms. The highest BCUT2D eigenvalue weighted by atomic mass is 14.9. The van der Waals surface area contributed by atoms with Crippen molar-refractivity contribution < 1.29 is 0 Å². The molecule has 1 heterocycles. The monoisotopic (exact) mass is 170 g/mol. The van der Waals surface area contributed by atoms with Crippen LogP contribution in [0, 0.1) is 11.3 Å². The SMILES string of the molecule is CC(C)CC1(CCN)CCNC1. The maximum absolute atomic E-state index is 5.64. The van der Waals surface area contributed by atoms with Crippen molar-refractivity contribution in [2.45, 2.75) is 33.1 Å². The standard InChI is InChI=1S/C10H22N2/c1-9(2)7-10(3-5-11)4-6-12-8-10/h9,12H,3-8,11H2,1-2H3. The van der Waals surface area contributed by atoms with Gasteiger partial charge in [-0.25, -0.2) is 0 Å². The summed E-state index contributed by atoms with van der Waals surface area (Å²) in [4.78, 5) is 0. The minimum Gasteiger partial charge on any atom is -0.330 e. The smallest absolute Gasteiger partial charge is 0.000886 e. The van der Waals surface area contributed by atoms with Crippen molar-refractivity contribution in [2.24, 2.45) is 17.1 Å². The molecular weight excluding hydrogens is 148 g/mol. The number of hydrogen-bond donors (Lipinski definition) is 2. The van der Waals surface area contributed by atoms with Crippen molar-refractivity contribution in [3.8, 4) is 0 Å². The van der Waals surface area contributed by atoms with E-state index in [1.54, 1.807) is 0 Å². The van der Waals surface area contributed by atoms with Crippen LogP contribution in [0.15, 0.2) is 0 Å². The van der Waals surface area contributed by atoms with E-state index in [-0.39, 0.29) is 0 Å². The first kappa shape index (κ1) is 10.0. The van der Waals surface area contributed by atoms with Crippen molar-refractivity contribution in [1.82, 2.24) is 5.32 Å². The Balaban J connectivity index is 2.46. The largest absolute Gasteiger partial charge is 0.330 e. The molecule has 1 fully saturated rings. The number of nitrogens with one attached hydrogen (secondary N) is 1. The topological polar surface area (TPSA) is 38.0 Å². The lowest BCUT2D eigenvalue weighted by Gasteiger charge is -2.29. The molecule has 2 nitrogen and oxygen atoms in total. The van der Waals surface area contributed by atoms with Gasteiger partial charge in [0.25, 0.3) is 0 Å². The fourth-order valence-corrected chi connectivity index (χ4v) is 2.46. The van der Waals surface area contributed by atoms with Crippen LogP contribution >= 0.6 is 0 Å². The zero-order chi connectivity index (χ0) is 9.03. The van der Waals surface area contributed by atoms with Crippen LogP contribution in [-0.2, 0) is 0 Å². The Morgan fingerprint density at radius 2 is 2.25 bits per heavy atom. The first-order valence-electron chi connectivity index (χ1n) is 5.09. The second kappa shape index (κ2) is 4.24. The van der Waals surface area contributed by atoms with Crippen LogP contribution in [0.2, 0.25) is 0 Å². The summed E-state index contributed by atoms with van der Waals surface area (Å²) in [5, 5.41) is 3.45. The van der Waals surface area contributed by atoms with Gasteiger partial charge in [0.2, 0.25) is 0 Å². The molecule has 1 rings (SSSR count). The molecule has 2 heteroatoms. The van der Waals surface area contributed by atoms with Gasteiger partial charge in [-0.1, -0.05) is 13.8 Å². The molecular formula is C10H22N2. The van der Waals surface area contributed by atoms with E-state index < -0.39 is 0 Å². The van der Waals surface area contributed by atoms with Crippen molar-refractivity contribution in [1.29, 1.82) is 0 Å². The van der Waals surface area contributed by atoms with Gasteiger partial charge in [-0.15, -0.1) is 0 Å². The highest BCUT2D eigenvalue weighted by Crippen LogP contribution is 2.35. The van der Waals surface area contributed by atoms with Crippen LogP contribution in [0.25, 0.3) is 0 Å². The Labute approximate surface area is 75.9 Å². The summed E-state index contributed by atoms with van der Waals surface area (Å²) >= 11 is 0. The van der Waals surface area contributed by atoms with Crippen LogP contribution in [0.5, 0.6) is 0 Å². The van der Waals surface area contributed by atoms with Crippen LogP contribution in [-0.4, -0.2) is 19.6 Å². The molecule has 0 aromatic carbocycles. The molecule has 1 unspecified atom stereocenters. The maximum Gasteiger partial charge on any atom is 0.000886 e. The van der Waals surface area contributed by atoms with E-state index in [2.05, 4.69) is 19.2 Å². The van der Waals surface area contributed by atoms with Gasteiger partial charge in [-0.05, 0) is 43.7 Å². The highest BCUT2D eigenvalue weighted by Gasteiger charge is 2.33. The number of hydrogen-bond acceptors (Lipinski definition) is 2. The van der Waals surface area contributed by atoms with Crippen molar-refractivity contribution in [3.05, 3.63) is 0 Å². The third-order valence-corrected chi connectivity index (χ3v) is 2.85. The van der Waals surface area contributed by atoms with E-state index in [0.717, 1.165) is 12.5 Å². The van der Waals surface area contributed by atoms with E-state index in [0.29, 0.717) is 5.41 Å². The van der Waals surface area contributed by atoms with Crippen LogP contribution in [0.3, 0.4) is 0 Å². The molecule has 0 aromatic rings.